The molecule has 0 saturated heterocycles. The summed E-state index contributed by atoms with van der Waals surface area (Å²) < 4.78 is 13.4. The van der Waals surface area contributed by atoms with Crippen LogP contribution in [0.1, 0.15) is 29.1 Å². The summed E-state index contributed by atoms with van der Waals surface area (Å²) in [5.74, 6) is -0.185. The molecule has 0 fully saturated rings. The van der Waals surface area contributed by atoms with E-state index in [2.05, 4.69) is 10.3 Å². The molecule has 1 aromatic heterocycles. The molecule has 0 aliphatic rings. The van der Waals surface area contributed by atoms with Crippen molar-refractivity contribution in [1.82, 2.24) is 10.3 Å². The van der Waals surface area contributed by atoms with Crippen LogP contribution in [-0.4, -0.2) is 17.4 Å². The van der Waals surface area contributed by atoms with Crippen LogP contribution in [0.5, 0.6) is 0 Å². The van der Waals surface area contributed by atoms with Crippen LogP contribution >= 0.6 is 11.3 Å². The number of nitrogens with zero attached hydrogens (tertiary/aromatic N) is 1. The maximum Gasteiger partial charge on any atom is 0.220 e. The number of halogens is 1. The van der Waals surface area contributed by atoms with E-state index >= 15 is 0 Å². The molecular formula is C16H19FN2OS. The Labute approximate surface area is 128 Å². The zero-order valence-electron chi connectivity index (χ0n) is 12.1. The average molecular weight is 306 g/mol. The Morgan fingerprint density at radius 2 is 2.14 bits per heavy atom. The molecule has 0 spiro atoms. The van der Waals surface area contributed by atoms with Crippen molar-refractivity contribution < 1.29 is 9.18 Å². The standard InChI is InChI=1S/C16H19FN2OS/c1-12-19-14(11-21-12)9-10-18-16(20)8-4-6-13-5-2-3-7-15(13)17/h2-3,5,7,11H,4,6,8-10H2,1H3,(H,18,20). The van der Waals surface area contributed by atoms with Gasteiger partial charge in [-0.1, -0.05) is 18.2 Å². The number of carbonyl (C=O) groups is 1. The zero-order chi connectivity index (χ0) is 15.1. The first-order valence-corrected chi connectivity index (χ1v) is 7.94. The number of rotatable bonds is 7. The molecule has 0 radical (unpaired) electrons. The summed E-state index contributed by atoms with van der Waals surface area (Å²) in [5.41, 5.74) is 1.69. The van der Waals surface area contributed by atoms with Gasteiger partial charge in [-0.25, -0.2) is 9.37 Å². The minimum Gasteiger partial charge on any atom is -0.356 e. The quantitative estimate of drug-likeness (QED) is 0.853. The van der Waals surface area contributed by atoms with E-state index in [0.717, 1.165) is 17.1 Å². The van der Waals surface area contributed by atoms with E-state index in [1.807, 2.05) is 18.4 Å². The fourth-order valence-electron chi connectivity index (χ4n) is 2.08. The lowest BCUT2D eigenvalue weighted by Gasteiger charge is -2.05. The van der Waals surface area contributed by atoms with Crippen LogP contribution in [0.2, 0.25) is 0 Å². The van der Waals surface area contributed by atoms with Gasteiger partial charge in [-0.3, -0.25) is 4.79 Å². The highest BCUT2D eigenvalue weighted by Gasteiger charge is 2.05. The summed E-state index contributed by atoms with van der Waals surface area (Å²) in [6, 6.07) is 6.70. The first-order valence-electron chi connectivity index (χ1n) is 7.06. The Morgan fingerprint density at radius 1 is 1.33 bits per heavy atom. The summed E-state index contributed by atoms with van der Waals surface area (Å²) in [6.45, 7) is 2.57. The van der Waals surface area contributed by atoms with Gasteiger partial charge in [0.2, 0.25) is 5.91 Å². The van der Waals surface area contributed by atoms with Crippen molar-refractivity contribution in [2.45, 2.75) is 32.6 Å². The Bertz CT molecular complexity index is 597. The van der Waals surface area contributed by atoms with E-state index in [0.29, 0.717) is 31.4 Å². The number of aromatic nitrogens is 1. The Hall–Kier alpha value is -1.75. The van der Waals surface area contributed by atoms with E-state index in [9.17, 15) is 9.18 Å². The number of amides is 1. The molecule has 0 unspecified atom stereocenters. The first kappa shape index (κ1) is 15.6. The average Bonchev–Trinajstić information content (AvgIpc) is 2.87. The third-order valence-electron chi connectivity index (χ3n) is 3.18. The molecular weight excluding hydrogens is 287 g/mol. The summed E-state index contributed by atoms with van der Waals surface area (Å²) in [7, 11) is 0. The van der Waals surface area contributed by atoms with Crippen molar-refractivity contribution in [2.24, 2.45) is 0 Å². The van der Waals surface area contributed by atoms with Gasteiger partial charge in [0.15, 0.2) is 0 Å². The molecule has 2 aromatic rings. The van der Waals surface area contributed by atoms with Crippen molar-refractivity contribution in [3.8, 4) is 0 Å². The second-order valence-corrected chi connectivity index (χ2v) is 5.97. The van der Waals surface area contributed by atoms with Crippen molar-refractivity contribution in [3.05, 3.63) is 51.7 Å². The fraction of sp³-hybridized carbons (Fsp3) is 0.375. The van der Waals surface area contributed by atoms with Crippen LogP contribution in [-0.2, 0) is 17.6 Å². The minimum absolute atomic E-state index is 0.0123. The molecule has 0 atom stereocenters. The van der Waals surface area contributed by atoms with Gasteiger partial charge in [0.25, 0.3) is 0 Å². The van der Waals surface area contributed by atoms with Crippen molar-refractivity contribution in [2.75, 3.05) is 6.54 Å². The minimum atomic E-state index is -0.197. The Morgan fingerprint density at radius 3 is 2.86 bits per heavy atom. The number of thiazole rings is 1. The van der Waals surface area contributed by atoms with E-state index in [-0.39, 0.29) is 11.7 Å². The molecule has 1 amide bonds. The van der Waals surface area contributed by atoms with Gasteiger partial charge >= 0.3 is 0 Å². The van der Waals surface area contributed by atoms with E-state index in [4.69, 9.17) is 0 Å². The molecule has 0 aliphatic carbocycles. The number of benzene rings is 1. The first-order chi connectivity index (χ1) is 10.1. The Balaban J connectivity index is 1.63. The van der Waals surface area contributed by atoms with Gasteiger partial charge in [-0.2, -0.15) is 0 Å². The van der Waals surface area contributed by atoms with Crippen LogP contribution in [0, 0.1) is 12.7 Å². The van der Waals surface area contributed by atoms with Crippen LogP contribution < -0.4 is 5.32 Å². The maximum atomic E-state index is 13.4. The van der Waals surface area contributed by atoms with Crippen LogP contribution in [0.3, 0.4) is 0 Å². The maximum absolute atomic E-state index is 13.4. The monoisotopic (exact) mass is 306 g/mol. The van der Waals surface area contributed by atoms with E-state index < -0.39 is 0 Å². The third-order valence-corrected chi connectivity index (χ3v) is 4.00. The highest BCUT2D eigenvalue weighted by Crippen LogP contribution is 2.10. The second kappa shape index (κ2) is 7.88. The normalized spacial score (nSPS) is 10.6. The summed E-state index contributed by atoms with van der Waals surface area (Å²) >= 11 is 1.62. The number of hydrogen-bond acceptors (Lipinski definition) is 3. The molecule has 112 valence electrons. The number of carbonyl (C=O) groups excluding carboxylic acids is 1. The van der Waals surface area contributed by atoms with Gasteiger partial charge in [-0.05, 0) is 31.4 Å². The lowest BCUT2D eigenvalue weighted by Crippen LogP contribution is -2.25. The lowest BCUT2D eigenvalue weighted by molar-refractivity contribution is -0.121. The third kappa shape index (κ3) is 5.27. The second-order valence-electron chi connectivity index (χ2n) is 4.90. The summed E-state index contributed by atoms with van der Waals surface area (Å²) in [4.78, 5) is 16.0. The number of nitrogens with one attached hydrogen (secondary N) is 1. The summed E-state index contributed by atoms with van der Waals surface area (Å²) in [5, 5.41) is 5.93. The molecule has 3 nitrogen and oxygen atoms in total. The number of aryl methyl sites for hydroxylation is 2. The number of hydrogen-bond donors (Lipinski definition) is 1. The van der Waals surface area contributed by atoms with Crippen molar-refractivity contribution in [1.29, 1.82) is 0 Å². The van der Waals surface area contributed by atoms with Gasteiger partial charge in [-0.15, -0.1) is 11.3 Å². The van der Waals surface area contributed by atoms with Crippen LogP contribution in [0.25, 0.3) is 0 Å². The predicted octanol–water partition coefficient (Wildman–Crippen LogP) is 3.27. The topological polar surface area (TPSA) is 42.0 Å². The molecule has 2 rings (SSSR count). The van der Waals surface area contributed by atoms with Crippen LogP contribution in [0.4, 0.5) is 4.39 Å². The molecule has 1 N–H and O–H groups in total. The van der Waals surface area contributed by atoms with E-state index in [1.165, 1.54) is 6.07 Å². The van der Waals surface area contributed by atoms with Crippen molar-refractivity contribution >= 4 is 17.2 Å². The zero-order valence-corrected chi connectivity index (χ0v) is 12.9. The van der Waals surface area contributed by atoms with Gasteiger partial charge in [0.1, 0.15) is 5.82 Å². The van der Waals surface area contributed by atoms with E-state index in [1.54, 1.807) is 23.5 Å². The van der Waals surface area contributed by atoms with Gasteiger partial charge < -0.3 is 5.32 Å². The van der Waals surface area contributed by atoms with Crippen molar-refractivity contribution in [3.63, 3.8) is 0 Å². The molecule has 1 heterocycles. The highest BCUT2D eigenvalue weighted by molar-refractivity contribution is 7.09. The molecule has 1 aromatic carbocycles. The van der Waals surface area contributed by atoms with Gasteiger partial charge in [0, 0.05) is 24.8 Å². The molecule has 0 bridgehead atoms. The molecule has 21 heavy (non-hydrogen) atoms. The van der Waals surface area contributed by atoms with Gasteiger partial charge in [0.05, 0.1) is 10.7 Å². The molecule has 5 heteroatoms. The highest BCUT2D eigenvalue weighted by atomic mass is 32.1. The molecule has 0 saturated carbocycles. The fourth-order valence-corrected chi connectivity index (χ4v) is 2.73. The summed E-state index contributed by atoms with van der Waals surface area (Å²) in [6.07, 6.45) is 2.42. The Kier molecular flexibility index (Phi) is 5.87. The van der Waals surface area contributed by atoms with Crippen LogP contribution in [0.15, 0.2) is 29.6 Å². The smallest absolute Gasteiger partial charge is 0.220 e. The lowest BCUT2D eigenvalue weighted by atomic mass is 10.1. The molecule has 0 aliphatic heterocycles. The SMILES string of the molecule is Cc1nc(CCNC(=O)CCCc2ccccc2F)cs1. The predicted molar refractivity (Wildman–Crippen MR) is 82.9 cm³/mol. The largest absolute Gasteiger partial charge is 0.356 e.